The molecule has 2 aromatic carbocycles. The van der Waals surface area contributed by atoms with Crippen LogP contribution in [0.5, 0.6) is 0 Å². The third-order valence-electron chi connectivity index (χ3n) is 5.50. The van der Waals surface area contributed by atoms with Crippen molar-refractivity contribution in [3.8, 4) is 28.6 Å². The first kappa shape index (κ1) is 19.5. The Morgan fingerprint density at radius 2 is 2.03 bits per heavy atom. The van der Waals surface area contributed by atoms with E-state index in [1.54, 1.807) is 24.5 Å². The second-order valence-electron chi connectivity index (χ2n) is 7.67. The van der Waals surface area contributed by atoms with Gasteiger partial charge in [-0.25, -0.2) is 9.37 Å². The monoisotopic (exact) mass is 432 g/mol. The zero-order valence-electron chi connectivity index (χ0n) is 16.4. The number of fused-ring (bicyclic) bond motifs is 1. The molecule has 0 amide bonds. The zero-order chi connectivity index (χ0) is 21.5. The smallest absolute Gasteiger partial charge is 0.142 e. The molecule has 1 aliphatic heterocycles. The highest BCUT2D eigenvalue weighted by atomic mass is 35.5. The molecule has 8 heteroatoms. The number of rotatable bonds is 3. The van der Waals surface area contributed by atoms with E-state index in [4.69, 9.17) is 22.3 Å². The van der Waals surface area contributed by atoms with Gasteiger partial charge in [0, 0.05) is 42.1 Å². The first-order valence-electron chi connectivity index (χ1n) is 9.87. The van der Waals surface area contributed by atoms with Crippen LogP contribution in [-0.4, -0.2) is 34.1 Å². The molecule has 6 nitrogen and oxygen atoms in total. The maximum absolute atomic E-state index is 14.2. The van der Waals surface area contributed by atoms with Gasteiger partial charge in [-0.3, -0.25) is 4.98 Å². The Morgan fingerprint density at radius 1 is 1.19 bits per heavy atom. The van der Waals surface area contributed by atoms with E-state index in [9.17, 15) is 9.65 Å². The number of aromatic amines is 1. The molecule has 1 aliphatic rings. The molecule has 0 bridgehead atoms. The van der Waals surface area contributed by atoms with Crippen LogP contribution in [0.25, 0.3) is 33.5 Å². The van der Waals surface area contributed by atoms with Gasteiger partial charge in [-0.2, -0.15) is 5.26 Å². The number of aromatic nitrogens is 3. The Kier molecular flexibility index (Phi) is 4.81. The van der Waals surface area contributed by atoms with Gasteiger partial charge in [0.25, 0.3) is 0 Å². The molecule has 1 fully saturated rings. The molecular weight excluding hydrogens is 415 g/mol. The number of benzene rings is 2. The molecule has 0 aliphatic carbocycles. The van der Waals surface area contributed by atoms with E-state index >= 15 is 0 Å². The van der Waals surface area contributed by atoms with Crippen LogP contribution in [0, 0.1) is 17.1 Å². The van der Waals surface area contributed by atoms with Crippen LogP contribution < -0.4 is 10.6 Å². The highest BCUT2D eigenvalue weighted by Crippen LogP contribution is 2.40. The molecule has 0 spiro atoms. The normalized spacial score (nSPS) is 16.1. The fourth-order valence-corrected chi connectivity index (χ4v) is 4.26. The average Bonchev–Trinajstić information content (AvgIpc) is 3.38. The van der Waals surface area contributed by atoms with E-state index in [1.807, 2.05) is 18.2 Å². The first-order chi connectivity index (χ1) is 15.0. The quantitative estimate of drug-likeness (QED) is 0.497. The van der Waals surface area contributed by atoms with Gasteiger partial charge in [-0.05, 0) is 48.4 Å². The number of hydrogen-bond donors (Lipinski definition) is 2. The lowest BCUT2D eigenvalue weighted by atomic mass is 9.99. The summed E-state index contributed by atoms with van der Waals surface area (Å²) in [6, 6.07) is 11.8. The highest BCUT2D eigenvalue weighted by molar-refractivity contribution is 6.31. The summed E-state index contributed by atoms with van der Waals surface area (Å²) in [4.78, 5) is 14.6. The van der Waals surface area contributed by atoms with Crippen molar-refractivity contribution in [3.63, 3.8) is 0 Å². The maximum atomic E-state index is 14.2. The van der Waals surface area contributed by atoms with E-state index in [2.05, 4.69) is 14.9 Å². The van der Waals surface area contributed by atoms with Crippen molar-refractivity contribution in [1.82, 2.24) is 15.0 Å². The standard InChI is InChI=1S/C23H18ClFN6/c24-15-1-2-20-21(8-15)30-23(29-20)19-11-28-10-18(22(19)31-4-3-17(27)12-31)14-5-13(9-26)6-16(25)7-14/h1-2,5-8,10-11,17H,3-4,12,27H2,(H,29,30)/t17-/m0/s1. The Balaban J connectivity index is 1.74. The van der Waals surface area contributed by atoms with Gasteiger partial charge >= 0.3 is 0 Å². The highest BCUT2D eigenvalue weighted by Gasteiger charge is 2.26. The second-order valence-corrected chi connectivity index (χ2v) is 8.10. The third-order valence-corrected chi connectivity index (χ3v) is 5.73. The molecule has 3 N–H and O–H groups in total. The Bertz CT molecular complexity index is 1340. The molecule has 1 atom stereocenters. The van der Waals surface area contributed by atoms with Gasteiger partial charge in [0.05, 0.1) is 33.9 Å². The second kappa shape index (κ2) is 7.65. The summed E-state index contributed by atoms with van der Waals surface area (Å²) in [6.07, 6.45) is 4.29. The van der Waals surface area contributed by atoms with Gasteiger partial charge < -0.3 is 15.6 Å². The molecule has 0 unspecified atom stereocenters. The van der Waals surface area contributed by atoms with Crippen molar-refractivity contribution in [2.75, 3.05) is 18.0 Å². The molecule has 154 valence electrons. The summed E-state index contributed by atoms with van der Waals surface area (Å²) in [6.45, 7) is 1.42. The van der Waals surface area contributed by atoms with Crippen molar-refractivity contribution >= 4 is 28.3 Å². The molecule has 31 heavy (non-hydrogen) atoms. The fraction of sp³-hybridized carbons (Fsp3) is 0.174. The molecule has 0 saturated carbocycles. The van der Waals surface area contributed by atoms with Gasteiger partial charge in [0.1, 0.15) is 11.6 Å². The predicted molar refractivity (Wildman–Crippen MR) is 119 cm³/mol. The Labute approximate surface area is 183 Å². The van der Waals surface area contributed by atoms with E-state index in [-0.39, 0.29) is 11.6 Å². The Morgan fingerprint density at radius 3 is 2.81 bits per heavy atom. The zero-order valence-corrected chi connectivity index (χ0v) is 17.2. The number of imidazole rings is 1. The van der Waals surface area contributed by atoms with Crippen LogP contribution in [0.15, 0.2) is 48.8 Å². The average molecular weight is 433 g/mol. The SMILES string of the molecule is N#Cc1cc(F)cc(-c2cncc(-c3nc4ccc(Cl)cc4[nH]3)c2N2CC[C@H](N)C2)c1. The minimum atomic E-state index is -0.470. The van der Waals surface area contributed by atoms with Crippen molar-refractivity contribution in [2.45, 2.75) is 12.5 Å². The molecule has 0 radical (unpaired) electrons. The lowest BCUT2D eigenvalue weighted by Crippen LogP contribution is -2.27. The predicted octanol–water partition coefficient (Wildman–Crippen LogP) is 4.49. The topological polar surface area (TPSA) is 94.6 Å². The van der Waals surface area contributed by atoms with Crippen LogP contribution in [0.2, 0.25) is 5.02 Å². The third kappa shape index (κ3) is 3.61. The first-order valence-corrected chi connectivity index (χ1v) is 10.2. The van der Waals surface area contributed by atoms with Crippen molar-refractivity contribution in [1.29, 1.82) is 5.26 Å². The van der Waals surface area contributed by atoms with E-state index < -0.39 is 5.82 Å². The van der Waals surface area contributed by atoms with Gasteiger partial charge in [0.15, 0.2) is 0 Å². The number of anilines is 1. The van der Waals surface area contributed by atoms with Crippen molar-refractivity contribution in [3.05, 3.63) is 65.2 Å². The summed E-state index contributed by atoms with van der Waals surface area (Å²) >= 11 is 6.13. The summed E-state index contributed by atoms with van der Waals surface area (Å²) in [5, 5.41) is 9.91. The molecule has 4 aromatic rings. The van der Waals surface area contributed by atoms with Crippen molar-refractivity contribution < 1.29 is 4.39 Å². The van der Waals surface area contributed by atoms with Crippen LogP contribution in [0.1, 0.15) is 12.0 Å². The van der Waals surface area contributed by atoms with E-state index in [1.165, 1.54) is 12.1 Å². The fourth-order valence-electron chi connectivity index (χ4n) is 4.09. The number of nitriles is 1. The minimum Gasteiger partial charge on any atom is -0.369 e. The summed E-state index contributed by atoms with van der Waals surface area (Å²) in [5.74, 6) is 0.168. The van der Waals surface area contributed by atoms with Crippen molar-refractivity contribution in [2.24, 2.45) is 5.73 Å². The Hall–Kier alpha value is -3.47. The van der Waals surface area contributed by atoms with E-state index in [0.29, 0.717) is 23.0 Å². The van der Waals surface area contributed by atoms with E-state index in [0.717, 1.165) is 40.8 Å². The minimum absolute atomic E-state index is 0.0468. The van der Waals surface area contributed by atoms with Crippen LogP contribution in [-0.2, 0) is 0 Å². The number of hydrogen-bond acceptors (Lipinski definition) is 5. The lowest BCUT2D eigenvalue weighted by molar-refractivity contribution is 0.628. The van der Waals surface area contributed by atoms with Crippen LogP contribution in [0.4, 0.5) is 10.1 Å². The number of halogens is 2. The number of nitrogens with two attached hydrogens (primary N) is 1. The number of nitrogens with one attached hydrogen (secondary N) is 1. The van der Waals surface area contributed by atoms with Crippen LogP contribution in [0.3, 0.4) is 0 Å². The summed E-state index contributed by atoms with van der Waals surface area (Å²) in [7, 11) is 0. The lowest BCUT2D eigenvalue weighted by Gasteiger charge is -2.24. The molecule has 3 heterocycles. The largest absolute Gasteiger partial charge is 0.369 e. The molecule has 5 rings (SSSR count). The number of H-pyrrole nitrogens is 1. The van der Waals surface area contributed by atoms with Crippen LogP contribution >= 0.6 is 11.6 Å². The summed E-state index contributed by atoms with van der Waals surface area (Å²) < 4.78 is 14.2. The number of pyridine rings is 1. The summed E-state index contributed by atoms with van der Waals surface area (Å²) in [5.41, 5.74) is 11.0. The van der Waals surface area contributed by atoms with Gasteiger partial charge in [-0.1, -0.05) is 11.6 Å². The molecule has 2 aromatic heterocycles. The molecular formula is C23H18ClFN6. The van der Waals surface area contributed by atoms with Gasteiger partial charge in [0.2, 0.25) is 0 Å². The van der Waals surface area contributed by atoms with Gasteiger partial charge in [-0.15, -0.1) is 0 Å². The number of nitrogens with zero attached hydrogens (tertiary/aromatic N) is 4. The molecule has 1 saturated heterocycles. The maximum Gasteiger partial charge on any atom is 0.142 e.